The third-order valence-electron chi connectivity index (χ3n) is 1.46. The molecule has 0 aliphatic heterocycles. The van der Waals surface area contributed by atoms with E-state index >= 15 is 0 Å². The molecule has 0 spiro atoms. The highest BCUT2D eigenvalue weighted by molar-refractivity contribution is 4.56. The highest BCUT2D eigenvalue weighted by Gasteiger charge is 2.07. The van der Waals surface area contributed by atoms with Crippen molar-refractivity contribution in [2.75, 3.05) is 34.5 Å². The van der Waals surface area contributed by atoms with Crippen molar-refractivity contribution < 1.29 is 9.57 Å². The molecule has 0 aliphatic rings. The zero-order valence-electron chi connectivity index (χ0n) is 8.86. The van der Waals surface area contributed by atoms with E-state index in [1.807, 2.05) is 14.1 Å². The Labute approximate surface area is 79.7 Å². The third kappa shape index (κ3) is 7.67. The van der Waals surface area contributed by atoms with Gasteiger partial charge < -0.3 is 14.5 Å². The van der Waals surface area contributed by atoms with Crippen molar-refractivity contribution >= 4 is 0 Å². The van der Waals surface area contributed by atoms with E-state index in [0.717, 1.165) is 13.0 Å². The van der Waals surface area contributed by atoms with Crippen molar-refractivity contribution in [2.24, 2.45) is 10.4 Å². The molecule has 0 saturated carbocycles. The lowest BCUT2D eigenvalue weighted by molar-refractivity contribution is 0.0179. The fourth-order valence-electron chi connectivity index (χ4n) is 0.826. The molecule has 1 atom stereocenters. The van der Waals surface area contributed by atoms with Crippen molar-refractivity contribution in [2.45, 2.75) is 19.4 Å². The maximum Gasteiger partial charge on any atom is 0.161 e. The van der Waals surface area contributed by atoms with Gasteiger partial charge in [-0.05, 0) is 20.5 Å². The maximum absolute atomic E-state index is 5.14. The zero-order valence-corrected chi connectivity index (χ0v) is 8.86. The van der Waals surface area contributed by atoms with Gasteiger partial charge in [-0.1, -0.05) is 6.92 Å². The van der Waals surface area contributed by atoms with E-state index in [1.165, 1.54) is 0 Å². The monoisotopic (exact) mass is 189 g/mol. The van der Waals surface area contributed by atoms with Crippen molar-refractivity contribution in [3.63, 3.8) is 0 Å². The molecule has 0 radical (unpaired) electrons. The van der Waals surface area contributed by atoms with Crippen LogP contribution in [0.15, 0.2) is 10.4 Å². The van der Waals surface area contributed by atoms with Crippen molar-refractivity contribution in [1.29, 1.82) is 0 Å². The molecule has 0 aromatic heterocycles. The summed E-state index contributed by atoms with van der Waals surface area (Å²) in [5.74, 6) is 0. The first-order chi connectivity index (χ1) is 6.20. The summed E-state index contributed by atoms with van der Waals surface area (Å²) in [6.07, 6.45) is 1.03. The molecular weight excluding hydrogens is 170 g/mol. The summed E-state index contributed by atoms with van der Waals surface area (Å²) in [4.78, 5) is 7.20. The molecule has 5 heteroatoms. The zero-order chi connectivity index (χ0) is 10.1. The first-order valence-electron chi connectivity index (χ1n) is 4.37. The second-order valence-electron chi connectivity index (χ2n) is 3.04. The van der Waals surface area contributed by atoms with Gasteiger partial charge in [-0.2, -0.15) is 0 Å². The lowest BCUT2D eigenvalue weighted by Crippen LogP contribution is -2.26. The van der Waals surface area contributed by atoms with Gasteiger partial charge in [0, 0.05) is 18.9 Å². The maximum atomic E-state index is 5.14. The predicted octanol–water partition coefficient (Wildman–Crippen LogP) is 1.31. The molecule has 0 aliphatic carbocycles. The summed E-state index contributed by atoms with van der Waals surface area (Å²) in [5.41, 5.74) is 0. The molecule has 0 aromatic carbocycles. The van der Waals surface area contributed by atoms with Gasteiger partial charge in [0.2, 0.25) is 0 Å². The molecule has 1 unspecified atom stereocenters. The minimum Gasteiger partial charge on any atom is -0.375 e. The molecule has 0 bridgehead atoms. The summed E-state index contributed by atoms with van der Waals surface area (Å²) in [6, 6.07) is 0. The number of rotatable bonds is 7. The van der Waals surface area contributed by atoms with Gasteiger partial charge in [0.25, 0.3) is 0 Å². The van der Waals surface area contributed by atoms with E-state index in [2.05, 4.69) is 27.0 Å². The van der Waals surface area contributed by atoms with Crippen LogP contribution in [-0.4, -0.2) is 45.5 Å². The second-order valence-corrected chi connectivity index (χ2v) is 3.04. The Hall–Kier alpha value is -0.680. The van der Waals surface area contributed by atoms with Gasteiger partial charge in [-0.15, -0.1) is 5.11 Å². The smallest absolute Gasteiger partial charge is 0.161 e. The average molecular weight is 189 g/mol. The normalized spacial score (nSPS) is 13.9. The fraction of sp³-hybridized carbons (Fsp3) is 1.00. The van der Waals surface area contributed by atoms with Crippen molar-refractivity contribution in [3.05, 3.63) is 0 Å². The van der Waals surface area contributed by atoms with Crippen LogP contribution in [-0.2, 0) is 9.57 Å². The Morgan fingerprint density at radius 2 is 2.08 bits per heavy atom. The molecule has 0 amide bonds. The molecule has 0 rings (SSSR count). The van der Waals surface area contributed by atoms with Crippen LogP contribution in [0.4, 0.5) is 0 Å². The van der Waals surface area contributed by atoms with Crippen LogP contribution in [0.25, 0.3) is 0 Å². The highest BCUT2D eigenvalue weighted by atomic mass is 16.7. The number of hydrogen-bond donors (Lipinski definition) is 0. The number of likely N-dealkylation sites (N-methyl/N-ethyl adjacent to an activating group) is 1. The first kappa shape index (κ1) is 12.3. The minimum atomic E-state index is 0.107. The molecule has 0 heterocycles. The quantitative estimate of drug-likeness (QED) is 0.448. The van der Waals surface area contributed by atoms with Crippen LogP contribution in [0.2, 0.25) is 0 Å². The Balaban J connectivity index is 3.58. The summed E-state index contributed by atoms with van der Waals surface area (Å²) in [7, 11) is 5.56. The van der Waals surface area contributed by atoms with Gasteiger partial charge in [-0.3, -0.25) is 0 Å². The molecule has 78 valence electrons. The van der Waals surface area contributed by atoms with Crippen LogP contribution < -0.4 is 0 Å². The van der Waals surface area contributed by atoms with Gasteiger partial charge in [-0.25, -0.2) is 0 Å². The topological polar surface area (TPSA) is 46.4 Å². The molecule has 5 nitrogen and oxygen atoms in total. The predicted molar refractivity (Wildman–Crippen MR) is 50.5 cm³/mol. The van der Waals surface area contributed by atoms with Crippen LogP contribution in [0, 0.1) is 0 Å². The standard InChI is InChI=1S/C8H19N3O2/c1-5-8(6-11(2)3)13-10-9-7-12-4/h8H,5-7H2,1-4H3. The average Bonchev–Trinajstić information content (AvgIpc) is 2.09. The Kier molecular flexibility index (Phi) is 7.53. The summed E-state index contributed by atoms with van der Waals surface area (Å²) < 4.78 is 4.69. The Morgan fingerprint density at radius 1 is 1.38 bits per heavy atom. The third-order valence-corrected chi connectivity index (χ3v) is 1.46. The number of methoxy groups -OCH3 is 1. The van der Waals surface area contributed by atoms with Gasteiger partial charge >= 0.3 is 0 Å². The summed E-state index contributed by atoms with van der Waals surface area (Å²) >= 11 is 0. The molecule has 13 heavy (non-hydrogen) atoms. The molecule has 0 N–H and O–H groups in total. The largest absolute Gasteiger partial charge is 0.375 e. The van der Waals surface area contributed by atoms with E-state index in [9.17, 15) is 0 Å². The lowest BCUT2D eigenvalue weighted by atomic mass is 10.3. The van der Waals surface area contributed by atoms with E-state index in [-0.39, 0.29) is 12.8 Å². The van der Waals surface area contributed by atoms with Crippen LogP contribution in [0.1, 0.15) is 13.3 Å². The molecule has 0 fully saturated rings. The fourth-order valence-corrected chi connectivity index (χ4v) is 0.826. The molecule has 0 saturated heterocycles. The Morgan fingerprint density at radius 3 is 2.54 bits per heavy atom. The summed E-state index contributed by atoms with van der Waals surface area (Å²) in [6.45, 7) is 3.15. The number of nitrogens with zero attached hydrogens (tertiary/aromatic N) is 3. The molecule has 0 aromatic rings. The summed E-state index contributed by atoms with van der Waals surface area (Å²) in [5, 5.41) is 7.21. The Bertz CT molecular complexity index is 139. The minimum absolute atomic E-state index is 0.107. The van der Waals surface area contributed by atoms with Crippen molar-refractivity contribution in [3.8, 4) is 0 Å². The second kappa shape index (κ2) is 7.94. The van der Waals surface area contributed by atoms with E-state index in [4.69, 9.17) is 4.84 Å². The van der Waals surface area contributed by atoms with E-state index < -0.39 is 0 Å². The van der Waals surface area contributed by atoms with Crippen LogP contribution in [0.3, 0.4) is 0 Å². The van der Waals surface area contributed by atoms with Crippen LogP contribution in [0.5, 0.6) is 0 Å². The van der Waals surface area contributed by atoms with Gasteiger partial charge in [0.05, 0.1) is 0 Å². The van der Waals surface area contributed by atoms with E-state index in [0.29, 0.717) is 0 Å². The SMILES string of the molecule is CCC(CN(C)C)ON=NCOC. The van der Waals surface area contributed by atoms with Crippen LogP contribution >= 0.6 is 0 Å². The van der Waals surface area contributed by atoms with Crippen molar-refractivity contribution in [1.82, 2.24) is 4.90 Å². The highest BCUT2D eigenvalue weighted by Crippen LogP contribution is 2.00. The number of ether oxygens (including phenoxy) is 1. The van der Waals surface area contributed by atoms with E-state index in [1.54, 1.807) is 7.11 Å². The first-order valence-corrected chi connectivity index (χ1v) is 4.37. The van der Waals surface area contributed by atoms with Gasteiger partial charge in [0.15, 0.2) is 6.73 Å². The van der Waals surface area contributed by atoms with Gasteiger partial charge in [0.1, 0.15) is 6.10 Å². The lowest BCUT2D eigenvalue weighted by Gasteiger charge is -2.16. The number of hydrogen-bond acceptors (Lipinski definition) is 5. The molecular formula is C8H19N3O2.